The highest BCUT2D eigenvalue weighted by atomic mass is 32.1. The van der Waals surface area contributed by atoms with Crippen LogP contribution in [0.15, 0.2) is 42.0 Å². The van der Waals surface area contributed by atoms with Gasteiger partial charge in [0, 0.05) is 30.5 Å². The third-order valence-corrected chi connectivity index (χ3v) is 5.30. The second kappa shape index (κ2) is 15.8. The van der Waals surface area contributed by atoms with Crippen molar-refractivity contribution in [2.24, 2.45) is 13.0 Å². The van der Waals surface area contributed by atoms with Crippen LogP contribution in [0, 0.1) is 12.8 Å². The van der Waals surface area contributed by atoms with Crippen LogP contribution in [0.3, 0.4) is 0 Å². The van der Waals surface area contributed by atoms with Crippen molar-refractivity contribution in [3.05, 3.63) is 53.3 Å². The molecular weight excluding hydrogens is 446 g/mol. The zero-order valence-electron chi connectivity index (χ0n) is 21.5. The van der Waals surface area contributed by atoms with Crippen LogP contribution in [-0.4, -0.2) is 32.9 Å². The fourth-order valence-electron chi connectivity index (χ4n) is 2.81. The van der Waals surface area contributed by atoms with E-state index in [1.807, 2.05) is 51.4 Å². The number of pyridine rings is 1. The Kier molecular flexibility index (Phi) is 13.5. The van der Waals surface area contributed by atoms with Crippen LogP contribution < -0.4 is 10.6 Å². The monoisotopic (exact) mass is 485 g/mol. The van der Waals surface area contributed by atoms with Crippen molar-refractivity contribution in [2.45, 2.75) is 60.8 Å². The second-order valence-electron chi connectivity index (χ2n) is 8.03. The molecule has 0 aliphatic heterocycles. The van der Waals surface area contributed by atoms with E-state index in [1.54, 1.807) is 23.0 Å². The molecule has 0 aromatic carbocycles. The number of nitrogens with zero attached hydrogens (tertiary/aromatic N) is 3. The van der Waals surface area contributed by atoms with Gasteiger partial charge in [-0.2, -0.15) is 0 Å². The standard InChI is InChI=1S/C17H17N5O2S.C7H16.C2H6/c1-11-4-3-5-13(19-11)14-10-25-17(20-14)21-15(23)8-18-16(24)12-6-7-22(2)9-12;1-4-5-6-7(2)3;1-2/h3-7,9-10H,8H2,1-2H3,(H,18,24)(H,20,21,23);7H,4-6H2,1-3H3;1-2H3. The number of unbranched alkanes of at least 4 members (excludes halogenated alkanes) is 1. The zero-order valence-corrected chi connectivity index (χ0v) is 22.3. The molecule has 0 radical (unpaired) electrons. The minimum atomic E-state index is -0.331. The number of hydrogen-bond donors (Lipinski definition) is 2. The molecule has 2 N–H and O–H groups in total. The summed E-state index contributed by atoms with van der Waals surface area (Å²) in [6.45, 7) is 12.6. The van der Waals surface area contributed by atoms with Crippen LogP contribution in [-0.2, 0) is 11.8 Å². The van der Waals surface area contributed by atoms with Crippen molar-refractivity contribution in [3.8, 4) is 11.4 Å². The Morgan fingerprint density at radius 2 is 1.85 bits per heavy atom. The van der Waals surface area contributed by atoms with E-state index in [4.69, 9.17) is 0 Å². The topological polar surface area (TPSA) is 88.9 Å². The minimum absolute atomic E-state index is 0.120. The number of amides is 2. The van der Waals surface area contributed by atoms with Crippen molar-refractivity contribution in [1.29, 1.82) is 0 Å². The van der Waals surface area contributed by atoms with Crippen molar-refractivity contribution < 1.29 is 9.59 Å². The molecule has 8 heteroatoms. The molecule has 34 heavy (non-hydrogen) atoms. The molecule has 2 amide bonds. The van der Waals surface area contributed by atoms with Gasteiger partial charge >= 0.3 is 0 Å². The molecule has 0 spiro atoms. The number of carbonyl (C=O) groups excluding carboxylic acids is 2. The minimum Gasteiger partial charge on any atom is -0.356 e. The van der Waals surface area contributed by atoms with Gasteiger partial charge in [-0.3, -0.25) is 14.6 Å². The molecule has 0 aliphatic rings. The number of anilines is 1. The fraction of sp³-hybridized carbons (Fsp3) is 0.462. The lowest BCUT2D eigenvalue weighted by atomic mass is 10.1. The summed E-state index contributed by atoms with van der Waals surface area (Å²) in [6.07, 6.45) is 7.60. The maximum Gasteiger partial charge on any atom is 0.253 e. The average Bonchev–Trinajstić information content (AvgIpc) is 3.47. The summed E-state index contributed by atoms with van der Waals surface area (Å²) < 4.78 is 1.77. The first-order chi connectivity index (χ1) is 16.3. The molecule has 0 atom stereocenters. The van der Waals surface area contributed by atoms with Crippen LogP contribution in [0.4, 0.5) is 5.13 Å². The van der Waals surface area contributed by atoms with Crippen LogP contribution in [0.25, 0.3) is 11.4 Å². The van der Waals surface area contributed by atoms with Crippen molar-refractivity contribution in [2.75, 3.05) is 11.9 Å². The lowest BCUT2D eigenvalue weighted by Gasteiger charge is -2.03. The van der Waals surface area contributed by atoms with Gasteiger partial charge in [0.25, 0.3) is 5.91 Å². The van der Waals surface area contributed by atoms with E-state index in [-0.39, 0.29) is 18.4 Å². The van der Waals surface area contributed by atoms with Crippen LogP contribution in [0.5, 0.6) is 0 Å². The number of thiazole rings is 1. The van der Waals surface area contributed by atoms with E-state index in [0.29, 0.717) is 16.4 Å². The van der Waals surface area contributed by atoms with Gasteiger partial charge in [-0.05, 0) is 31.0 Å². The predicted molar refractivity (Wildman–Crippen MR) is 142 cm³/mol. The van der Waals surface area contributed by atoms with E-state index in [2.05, 4.69) is 41.4 Å². The predicted octanol–water partition coefficient (Wildman–Crippen LogP) is 6.08. The first kappa shape index (κ1) is 29.0. The first-order valence-corrected chi connectivity index (χ1v) is 12.8. The molecule has 0 fully saturated rings. The third-order valence-electron chi connectivity index (χ3n) is 4.54. The molecule has 0 saturated carbocycles. The molecule has 0 saturated heterocycles. The lowest BCUT2D eigenvalue weighted by molar-refractivity contribution is -0.115. The number of carbonyl (C=O) groups is 2. The Balaban J connectivity index is 0.000000553. The van der Waals surface area contributed by atoms with Gasteiger partial charge in [-0.15, -0.1) is 11.3 Å². The Labute approximate surface area is 208 Å². The number of rotatable bonds is 8. The highest BCUT2D eigenvalue weighted by molar-refractivity contribution is 7.14. The molecule has 3 aromatic rings. The Morgan fingerprint density at radius 1 is 1.12 bits per heavy atom. The van der Waals surface area contributed by atoms with E-state index < -0.39 is 0 Å². The highest BCUT2D eigenvalue weighted by Crippen LogP contribution is 2.23. The summed E-state index contributed by atoms with van der Waals surface area (Å²) in [5.74, 6) is 0.280. The van der Waals surface area contributed by atoms with Crippen LogP contribution >= 0.6 is 11.3 Å². The molecule has 186 valence electrons. The van der Waals surface area contributed by atoms with Gasteiger partial charge in [0.15, 0.2) is 5.13 Å². The number of hydrogen-bond acceptors (Lipinski definition) is 5. The van der Waals surface area contributed by atoms with Gasteiger partial charge in [-0.1, -0.05) is 59.9 Å². The molecule has 3 rings (SSSR count). The summed E-state index contributed by atoms with van der Waals surface area (Å²) >= 11 is 1.31. The van der Waals surface area contributed by atoms with Gasteiger partial charge in [0.2, 0.25) is 5.91 Å². The molecule has 0 unspecified atom stereocenters. The van der Waals surface area contributed by atoms with Crippen LogP contribution in [0.2, 0.25) is 0 Å². The summed E-state index contributed by atoms with van der Waals surface area (Å²) in [5.41, 5.74) is 2.88. The van der Waals surface area contributed by atoms with Gasteiger partial charge < -0.3 is 15.2 Å². The summed E-state index contributed by atoms with van der Waals surface area (Å²) in [4.78, 5) is 32.6. The zero-order chi connectivity index (χ0) is 25.5. The average molecular weight is 486 g/mol. The maximum absolute atomic E-state index is 12.0. The Bertz CT molecular complexity index is 1010. The van der Waals surface area contributed by atoms with E-state index in [1.165, 1.54) is 30.6 Å². The van der Waals surface area contributed by atoms with Crippen molar-refractivity contribution in [3.63, 3.8) is 0 Å². The fourth-order valence-corrected chi connectivity index (χ4v) is 3.53. The molecule has 3 aromatic heterocycles. The Hall–Kier alpha value is -3.00. The van der Waals surface area contributed by atoms with Gasteiger partial charge in [-0.25, -0.2) is 4.98 Å². The lowest BCUT2D eigenvalue weighted by Crippen LogP contribution is -2.32. The highest BCUT2D eigenvalue weighted by Gasteiger charge is 2.11. The van der Waals surface area contributed by atoms with Crippen molar-refractivity contribution >= 4 is 28.3 Å². The first-order valence-electron chi connectivity index (χ1n) is 11.9. The smallest absolute Gasteiger partial charge is 0.253 e. The number of aryl methyl sites for hydroxylation is 2. The normalized spacial score (nSPS) is 10.0. The molecule has 0 aliphatic carbocycles. The van der Waals surface area contributed by atoms with Crippen molar-refractivity contribution in [1.82, 2.24) is 19.9 Å². The quantitative estimate of drug-likeness (QED) is 0.405. The number of nitrogens with one attached hydrogen (secondary N) is 2. The molecule has 3 heterocycles. The SMILES string of the molecule is CC.CCCCC(C)C.Cc1cccc(-c2csc(NC(=O)CNC(=O)c3ccn(C)c3)n2)n1. The summed E-state index contributed by atoms with van der Waals surface area (Å²) in [5, 5.41) is 7.56. The molecular formula is C26H39N5O2S. The molecule has 7 nitrogen and oxygen atoms in total. The second-order valence-corrected chi connectivity index (χ2v) is 8.89. The Morgan fingerprint density at radius 3 is 2.41 bits per heavy atom. The summed E-state index contributed by atoms with van der Waals surface area (Å²) in [7, 11) is 1.83. The summed E-state index contributed by atoms with van der Waals surface area (Å²) in [6, 6.07) is 7.38. The largest absolute Gasteiger partial charge is 0.356 e. The van der Waals surface area contributed by atoms with E-state index >= 15 is 0 Å². The van der Waals surface area contributed by atoms with Crippen LogP contribution in [0.1, 0.15) is 69.9 Å². The maximum atomic E-state index is 12.0. The number of aromatic nitrogens is 3. The van der Waals surface area contributed by atoms with E-state index in [0.717, 1.165) is 17.3 Å². The third kappa shape index (κ3) is 10.7. The van der Waals surface area contributed by atoms with Gasteiger partial charge in [0.1, 0.15) is 5.69 Å². The molecule has 0 bridgehead atoms. The van der Waals surface area contributed by atoms with E-state index in [9.17, 15) is 9.59 Å². The van der Waals surface area contributed by atoms with Gasteiger partial charge in [0.05, 0.1) is 17.8 Å².